The summed E-state index contributed by atoms with van der Waals surface area (Å²) in [5.74, 6) is 0.450. The van der Waals surface area contributed by atoms with E-state index in [1.165, 1.54) is 10.5 Å². The summed E-state index contributed by atoms with van der Waals surface area (Å²) in [5, 5.41) is 4.74. The highest BCUT2D eigenvalue weighted by molar-refractivity contribution is 7.99. The highest BCUT2D eigenvalue weighted by atomic mass is 32.2. The Kier molecular flexibility index (Phi) is 4.02. The van der Waals surface area contributed by atoms with E-state index >= 15 is 0 Å². The molecular weight excluding hydrogens is 310 g/mol. The Bertz CT molecular complexity index is 789. The summed E-state index contributed by atoms with van der Waals surface area (Å²) < 4.78 is 0. The molecule has 1 fully saturated rings. The number of para-hydroxylation sites is 1. The molecule has 120 valence electrons. The van der Waals surface area contributed by atoms with Crippen LogP contribution in [0.2, 0.25) is 0 Å². The number of aromatic nitrogens is 1. The van der Waals surface area contributed by atoms with Crippen molar-refractivity contribution in [2.24, 2.45) is 0 Å². The minimum absolute atomic E-state index is 0.175. The van der Waals surface area contributed by atoms with Gasteiger partial charge in [-0.15, -0.1) is 11.8 Å². The number of urea groups is 1. The van der Waals surface area contributed by atoms with E-state index in [-0.39, 0.29) is 11.9 Å². The van der Waals surface area contributed by atoms with E-state index in [2.05, 4.69) is 23.3 Å². The fourth-order valence-electron chi connectivity index (χ4n) is 2.65. The third kappa shape index (κ3) is 3.03. The van der Waals surface area contributed by atoms with Gasteiger partial charge < -0.3 is 5.32 Å². The lowest BCUT2D eigenvalue weighted by Gasteiger charge is -2.15. The van der Waals surface area contributed by atoms with E-state index in [1.54, 1.807) is 25.6 Å². The van der Waals surface area contributed by atoms with Crippen molar-refractivity contribution in [1.29, 1.82) is 0 Å². The van der Waals surface area contributed by atoms with E-state index in [1.807, 2.05) is 24.3 Å². The summed E-state index contributed by atoms with van der Waals surface area (Å²) in [6, 6.07) is 9.75. The lowest BCUT2D eigenvalue weighted by Crippen LogP contribution is -2.40. The number of carbonyl (C=O) groups is 2. The molecule has 0 bridgehead atoms. The first-order valence-electron chi connectivity index (χ1n) is 7.52. The number of carbonyl (C=O) groups excluding carboxylic acids is 2. The van der Waals surface area contributed by atoms with Gasteiger partial charge in [0.05, 0.1) is 10.5 Å². The summed E-state index contributed by atoms with van der Waals surface area (Å²) in [5.41, 5.74) is 1.33. The van der Waals surface area contributed by atoms with Crippen LogP contribution < -0.4 is 5.32 Å². The van der Waals surface area contributed by atoms with Crippen LogP contribution >= 0.6 is 11.8 Å². The smallest absolute Gasteiger partial charge is 0.324 e. The van der Waals surface area contributed by atoms with Gasteiger partial charge in [0.25, 0.3) is 5.91 Å². The van der Waals surface area contributed by atoms with Crippen LogP contribution in [0, 0.1) is 6.92 Å². The first-order chi connectivity index (χ1) is 10.9. The predicted octanol–water partition coefficient (Wildman–Crippen LogP) is 2.97. The van der Waals surface area contributed by atoms with Crippen molar-refractivity contribution in [2.45, 2.75) is 31.3 Å². The Balaban J connectivity index is 1.68. The normalized spacial score (nSPS) is 16.9. The fourth-order valence-corrected chi connectivity index (χ4v) is 3.56. The molecule has 23 heavy (non-hydrogen) atoms. The third-order valence-electron chi connectivity index (χ3n) is 3.91. The number of hydrogen-bond acceptors (Lipinski definition) is 4. The van der Waals surface area contributed by atoms with E-state index in [4.69, 9.17) is 0 Å². The molecule has 0 aliphatic carbocycles. The summed E-state index contributed by atoms with van der Waals surface area (Å²) >= 11 is 1.56. The van der Waals surface area contributed by atoms with Gasteiger partial charge in [0, 0.05) is 17.7 Å². The number of fused-ring (bicyclic) bond motifs is 1. The Labute approximate surface area is 139 Å². The molecule has 0 atom stereocenters. The fraction of sp³-hybridized carbons (Fsp3) is 0.353. The second-order valence-corrected chi connectivity index (χ2v) is 7.27. The molecule has 1 aromatic heterocycles. The standard InChI is InChI=1S/C17H19N3O2S/c1-11-10-14(18-13-7-5-4-6-12(11)13)23-9-8-20-15(21)17(2,3)19-16(20)22/h4-7,10H,8-9H2,1-3H3,(H,19,22). The monoisotopic (exact) mass is 329 g/mol. The molecule has 2 heterocycles. The molecule has 0 spiro atoms. The van der Waals surface area contributed by atoms with Crippen LogP contribution in [0.15, 0.2) is 35.4 Å². The Morgan fingerprint density at radius 2 is 2.00 bits per heavy atom. The molecule has 1 aromatic carbocycles. The van der Waals surface area contributed by atoms with E-state index in [0.717, 1.165) is 15.9 Å². The maximum Gasteiger partial charge on any atom is 0.325 e. The second-order valence-electron chi connectivity index (χ2n) is 6.15. The predicted molar refractivity (Wildman–Crippen MR) is 91.5 cm³/mol. The van der Waals surface area contributed by atoms with Crippen LogP contribution in [-0.4, -0.2) is 39.7 Å². The zero-order valence-electron chi connectivity index (χ0n) is 13.4. The molecule has 1 aliphatic heterocycles. The Morgan fingerprint density at radius 3 is 2.70 bits per heavy atom. The highest BCUT2D eigenvalue weighted by Crippen LogP contribution is 2.24. The molecule has 1 saturated heterocycles. The van der Waals surface area contributed by atoms with Gasteiger partial charge in [-0.1, -0.05) is 18.2 Å². The average Bonchev–Trinajstić information content (AvgIpc) is 2.69. The quantitative estimate of drug-likeness (QED) is 0.692. The maximum atomic E-state index is 12.1. The zero-order chi connectivity index (χ0) is 16.6. The number of rotatable bonds is 4. The number of aryl methyl sites for hydroxylation is 1. The van der Waals surface area contributed by atoms with Gasteiger partial charge in [-0.2, -0.15) is 0 Å². The molecule has 5 nitrogen and oxygen atoms in total. The zero-order valence-corrected chi connectivity index (χ0v) is 14.2. The largest absolute Gasteiger partial charge is 0.325 e. The SMILES string of the molecule is Cc1cc(SCCN2C(=O)NC(C)(C)C2=O)nc2ccccc12. The number of benzene rings is 1. The Morgan fingerprint density at radius 1 is 1.26 bits per heavy atom. The number of pyridine rings is 1. The van der Waals surface area contributed by atoms with Gasteiger partial charge in [-0.05, 0) is 38.5 Å². The molecular formula is C17H19N3O2S. The summed E-state index contributed by atoms with van der Waals surface area (Å²) in [4.78, 5) is 29.9. The van der Waals surface area contributed by atoms with Gasteiger partial charge in [0.15, 0.2) is 0 Å². The maximum absolute atomic E-state index is 12.1. The van der Waals surface area contributed by atoms with Gasteiger partial charge in [-0.25, -0.2) is 9.78 Å². The molecule has 3 rings (SSSR count). The third-order valence-corrected chi connectivity index (χ3v) is 4.80. The molecule has 0 radical (unpaired) electrons. The van der Waals surface area contributed by atoms with Gasteiger partial charge in [0.1, 0.15) is 5.54 Å². The van der Waals surface area contributed by atoms with E-state index < -0.39 is 5.54 Å². The topological polar surface area (TPSA) is 62.3 Å². The van der Waals surface area contributed by atoms with E-state index in [0.29, 0.717) is 12.3 Å². The van der Waals surface area contributed by atoms with Crippen molar-refractivity contribution < 1.29 is 9.59 Å². The highest BCUT2D eigenvalue weighted by Gasteiger charge is 2.43. The van der Waals surface area contributed by atoms with Crippen LogP contribution in [-0.2, 0) is 4.79 Å². The number of amides is 3. The molecule has 1 aliphatic rings. The van der Waals surface area contributed by atoms with Crippen molar-refractivity contribution in [3.63, 3.8) is 0 Å². The number of hydrogen-bond donors (Lipinski definition) is 1. The molecule has 0 saturated carbocycles. The minimum Gasteiger partial charge on any atom is -0.324 e. The molecule has 3 amide bonds. The Hall–Kier alpha value is -2.08. The van der Waals surface area contributed by atoms with Gasteiger partial charge in [0.2, 0.25) is 0 Å². The average molecular weight is 329 g/mol. The van der Waals surface area contributed by atoms with Gasteiger partial charge in [-0.3, -0.25) is 9.69 Å². The number of thioether (sulfide) groups is 1. The molecule has 1 N–H and O–H groups in total. The second kappa shape index (κ2) is 5.85. The summed E-state index contributed by atoms with van der Waals surface area (Å²) in [7, 11) is 0. The number of nitrogens with zero attached hydrogens (tertiary/aromatic N) is 2. The molecule has 2 aromatic rings. The van der Waals surface area contributed by atoms with Crippen molar-refractivity contribution in [1.82, 2.24) is 15.2 Å². The van der Waals surface area contributed by atoms with Crippen molar-refractivity contribution in [3.8, 4) is 0 Å². The van der Waals surface area contributed by atoms with Crippen LogP contribution in [0.1, 0.15) is 19.4 Å². The summed E-state index contributed by atoms with van der Waals surface area (Å²) in [6.45, 7) is 5.88. The van der Waals surface area contributed by atoms with Crippen LogP contribution in [0.25, 0.3) is 10.9 Å². The summed E-state index contributed by atoms with van der Waals surface area (Å²) in [6.07, 6.45) is 0. The first-order valence-corrected chi connectivity index (χ1v) is 8.50. The lowest BCUT2D eigenvalue weighted by atomic mass is 10.1. The first kappa shape index (κ1) is 15.8. The van der Waals surface area contributed by atoms with Crippen molar-refractivity contribution in [3.05, 3.63) is 35.9 Å². The van der Waals surface area contributed by atoms with Crippen molar-refractivity contribution >= 4 is 34.6 Å². The van der Waals surface area contributed by atoms with Gasteiger partial charge >= 0.3 is 6.03 Å². The molecule has 0 unspecified atom stereocenters. The van der Waals surface area contributed by atoms with Crippen molar-refractivity contribution in [2.75, 3.05) is 12.3 Å². The lowest BCUT2D eigenvalue weighted by molar-refractivity contribution is -0.130. The van der Waals surface area contributed by atoms with Crippen LogP contribution in [0.5, 0.6) is 0 Å². The van der Waals surface area contributed by atoms with E-state index in [9.17, 15) is 9.59 Å². The number of imide groups is 1. The minimum atomic E-state index is -0.806. The van der Waals surface area contributed by atoms with Crippen LogP contribution in [0.3, 0.4) is 0 Å². The number of nitrogens with one attached hydrogen (secondary N) is 1. The van der Waals surface area contributed by atoms with Crippen LogP contribution in [0.4, 0.5) is 4.79 Å². The molecule has 6 heteroatoms.